The summed E-state index contributed by atoms with van der Waals surface area (Å²) in [5, 5.41) is 4.45. The number of piperidine rings is 1. The van der Waals surface area contributed by atoms with Gasteiger partial charge in [-0.25, -0.2) is 4.68 Å². The second kappa shape index (κ2) is 8.37. The molecule has 0 aliphatic carbocycles. The molecule has 1 fully saturated rings. The first-order valence-electron chi connectivity index (χ1n) is 9.56. The number of rotatable bonds is 5. The van der Waals surface area contributed by atoms with Crippen molar-refractivity contribution in [2.24, 2.45) is 5.92 Å². The predicted octanol–water partition coefficient (Wildman–Crippen LogP) is 2.47. The number of benzene rings is 1. The van der Waals surface area contributed by atoms with E-state index in [0.29, 0.717) is 42.9 Å². The molecule has 2 heterocycles. The highest BCUT2D eigenvalue weighted by Gasteiger charge is 2.34. The summed E-state index contributed by atoms with van der Waals surface area (Å²) in [5.74, 6) is -1.86. The maximum atomic E-state index is 13.0. The van der Waals surface area contributed by atoms with Gasteiger partial charge in [0.25, 0.3) is 11.7 Å². The standard InChI is InChI=1S/C21H25N3O4/c1-4-28-21(27)16-9-8-12-23(13-16)20(26)19(25)18-14(2)22-24(15(18)3)17-10-6-5-7-11-17/h5-7,10-11,16H,4,8-9,12-13H2,1-3H3. The normalized spacial score (nSPS) is 16.7. The summed E-state index contributed by atoms with van der Waals surface area (Å²) in [6, 6.07) is 9.47. The summed E-state index contributed by atoms with van der Waals surface area (Å²) in [4.78, 5) is 39.3. The molecule has 148 valence electrons. The van der Waals surface area contributed by atoms with Crippen LogP contribution in [0.15, 0.2) is 30.3 Å². The Bertz CT molecular complexity index is 889. The molecule has 1 atom stereocenters. The fraction of sp³-hybridized carbons (Fsp3) is 0.429. The van der Waals surface area contributed by atoms with Crippen molar-refractivity contribution in [2.45, 2.75) is 33.6 Å². The van der Waals surface area contributed by atoms with Crippen LogP contribution in [0, 0.1) is 19.8 Å². The molecule has 2 aromatic rings. The van der Waals surface area contributed by atoms with Gasteiger partial charge in [-0.15, -0.1) is 0 Å². The number of carbonyl (C=O) groups is 3. The van der Waals surface area contributed by atoms with Crippen molar-refractivity contribution in [2.75, 3.05) is 19.7 Å². The van der Waals surface area contributed by atoms with Crippen LogP contribution in [0.2, 0.25) is 0 Å². The Morgan fingerprint density at radius 2 is 1.89 bits per heavy atom. The third kappa shape index (κ3) is 3.83. The fourth-order valence-corrected chi connectivity index (χ4v) is 3.66. The van der Waals surface area contributed by atoms with Crippen LogP contribution < -0.4 is 0 Å². The van der Waals surface area contributed by atoms with Gasteiger partial charge < -0.3 is 9.64 Å². The minimum Gasteiger partial charge on any atom is -0.466 e. The van der Waals surface area contributed by atoms with Crippen LogP contribution in [-0.2, 0) is 14.3 Å². The molecule has 0 bridgehead atoms. The number of hydrogen-bond donors (Lipinski definition) is 0. The number of para-hydroxylation sites is 1. The van der Waals surface area contributed by atoms with Crippen molar-refractivity contribution in [1.82, 2.24) is 14.7 Å². The number of esters is 1. The average molecular weight is 383 g/mol. The number of ether oxygens (including phenoxy) is 1. The maximum Gasteiger partial charge on any atom is 0.310 e. The Morgan fingerprint density at radius 3 is 2.57 bits per heavy atom. The van der Waals surface area contributed by atoms with Gasteiger partial charge in [-0.1, -0.05) is 18.2 Å². The monoisotopic (exact) mass is 383 g/mol. The molecule has 1 aromatic heterocycles. The summed E-state index contributed by atoms with van der Waals surface area (Å²) in [6.07, 6.45) is 1.34. The first-order chi connectivity index (χ1) is 13.4. The zero-order valence-electron chi connectivity index (χ0n) is 16.5. The lowest BCUT2D eigenvalue weighted by molar-refractivity contribution is -0.150. The lowest BCUT2D eigenvalue weighted by atomic mass is 9.97. The van der Waals surface area contributed by atoms with E-state index in [1.807, 2.05) is 30.3 Å². The Labute approximate surface area is 164 Å². The summed E-state index contributed by atoms with van der Waals surface area (Å²) >= 11 is 0. The molecule has 1 aliphatic heterocycles. The van der Waals surface area contributed by atoms with Crippen molar-refractivity contribution in [3.05, 3.63) is 47.3 Å². The third-order valence-electron chi connectivity index (χ3n) is 5.04. The van der Waals surface area contributed by atoms with Gasteiger partial charge in [-0.05, 0) is 45.7 Å². The number of aryl methyl sites for hydroxylation is 1. The van der Waals surface area contributed by atoms with Gasteiger partial charge >= 0.3 is 5.97 Å². The molecular formula is C21H25N3O4. The highest BCUT2D eigenvalue weighted by Crippen LogP contribution is 2.22. The molecule has 1 unspecified atom stereocenters. The second-order valence-electron chi connectivity index (χ2n) is 6.96. The van der Waals surface area contributed by atoms with E-state index in [1.165, 1.54) is 4.90 Å². The van der Waals surface area contributed by atoms with Crippen LogP contribution in [0.25, 0.3) is 5.69 Å². The lowest BCUT2D eigenvalue weighted by Crippen LogP contribution is -2.45. The molecule has 0 N–H and O–H groups in total. The molecule has 1 aromatic carbocycles. The molecular weight excluding hydrogens is 358 g/mol. The number of Topliss-reactive ketones (excluding diaryl/α,β-unsaturated/α-hetero) is 1. The molecule has 1 amide bonds. The van der Waals surface area contributed by atoms with Gasteiger partial charge in [0.05, 0.1) is 35.2 Å². The van der Waals surface area contributed by atoms with Gasteiger partial charge in [0, 0.05) is 13.1 Å². The number of carbonyl (C=O) groups excluding carboxylic acids is 3. The molecule has 0 saturated carbocycles. The first-order valence-corrected chi connectivity index (χ1v) is 9.56. The lowest BCUT2D eigenvalue weighted by Gasteiger charge is -2.31. The van der Waals surface area contributed by atoms with Crippen LogP contribution in [-0.4, -0.2) is 52.0 Å². The van der Waals surface area contributed by atoms with Gasteiger partial charge in [-0.2, -0.15) is 5.10 Å². The number of aromatic nitrogens is 2. The fourth-order valence-electron chi connectivity index (χ4n) is 3.66. The van der Waals surface area contributed by atoms with E-state index in [0.717, 1.165) is 5.69 Å². The third-order valence-corrected chi connectivity index (χ3v) is 5.04. The Kier molecular flexibility index (Phi) is 5.92. The molecule has 3 rings (SSSR count). The largest absolute Gasteiger partial charge is 0.466 e. The van der Waals surface area contributed by atoms with Crippen molar-refractivity contribution in [3.8, 4) is 5.69 Å². The highest BCUT2D eigenvalue weighted by atomic mass is 16.5. The SMILES string of the molecule is CCOC(=O)C1CCCN(C(=O)C(=O)c2c(C)nn(-c3ccccc3)c2C)C1. The number of nitrogens with zero attached hydrogens (tertiary/aromatic N) is 3. The summed E-state index contributed by atoms with van der Waals surface area (Å²) in [5.41, 5.74) is 2.29. The zero-order chi connectivity index (χ0) is 20.3. The zero-order valence-corrected chi connectivity index (χ0v) is 16.5. The number of likely N-dealkylation sites (tertiary alicyclic amines) is 1. The number of ketones is 1. The van der Waals surface area contributed by atoms with E-state index in [2.05, 4.69) is 5.10 Å². The van der Waals surface area contributed by atoms with Crippen molar-refractivity contribution in [3.63, 3.8) is 0 Å². The molecule has 28 heavy (non-hydrogen) atoms. The smallest absolute Gasteiger partial charge is 0.310 e. The Morgan fingerprint density at radius 1 is 1.18 bits per heavy atom. The van der Waals surface area contributed by atoms with Crippen molar-refractivity contribution >= 4 is 17.7 Å². The van der Waals surface area contributed by atoms with E-state index >= 15 is 0 Å². The van der Waals surface area contributed by atoms with Crippen molar-refractivity contribution < 1.29 is 19.1 Å². The van der Waals surface area contributed by atoms with E-state index < -0.39 is 11.7 Å². The molecule has 0 radical (unpaired) electrons. The van der Waals surface area contributed by atoms with Crippen LogP contribution in [0.3, 0.4) is 0 Å². The summed E-state index contributed by atoms with van der Waals surface area (Å²) < 4.78 is 6.74. The van der Waals surface area contributed by atoms with Crippen LogP contribution in [0.1, 0.15) is 41.5 Å². The minimum absolute atomic E-state index is 0.217. The highest BCUT2D eigenvalue weighted by molar-refractivity contribution is 6.43. The second-order valence-corrected chi connectivity index (χ2v) is 6.96. The molecule has 7 nitrogen and oxygen atoms in total. The summed E-state index contributed by atoms with van der Waals surface area (Å²) in [7, 11) is 0. The van der Waals surface area contributed by atoms with Crippen molar-refractivity contribution in [1.29, 1.82) is 0 Å². The summed E-state index contributed by atoms with van der Waals surface area (Å²) in [6.45, 7) is 6.25. The maximum absolute atomic E-state index is 13.0. The Balaban J connectivity index is 1.81. The predicted molar refractivity (Wildman–Crippen MR) is 103 cm³/mol. The van der Waals surface area contributed by atoms with Gasteiger partial charge in [-0.3, -0.25) is 14.4 Å². The molecule has 1 aliphatic rings. The topological polar surface area (TPSA) is 81.5 Å². The van der Waals surface area contributed by atoms with Gasteiger partial charge in [0.15, 0.2) is 0 Å². The Hall–Kier alpha value is -2.96. The average Bonchev–Trinajstić information content (AvgIpc) is 3.02. The van der Waals surface area contributed by atoms with E-state index in [4.69, 9.17) is 4.74 Å². The molecule has 7 heteroatoms. The quantitative estimate of drug-likeness (QED) is 0.450. The van der Waals surface area contributed by atoms with Crippen LogP contribution in [0.4, 0.5) is 0 Å². The van der Waals surface area contributed by atoms with Crippen LogP contribution in [0.5, 0.6) is 0 Å². The minimum atomic E-state index is -0.590. The molecule has 1 saturated heterocycles. The van der Waals surface area contributed by atoms with Gasteiger partial charge in [0.1, 0.15) is 0 Å². The van der Waals surface area contributed by atoms with E-state index in [9.17, 15) is 14.4 Å². The van der Waals surface area contributed by atoms with Gasteiger partial charge in [0.2, 0.25) is 0 Å². The van der Waals surface area contributed by atoms with E-state index in [-0.39, 0.29) is 18.4 Å². The number of amides is 1. The van der Waals surface area contributed by atoms with Crippen LogP contribution >= 0.6 is 0 Å². The first kappa shape index (κ1) is 19.8. The number of hydrogen-bond acceptors (Lipinski definition) is 5. The van der Waals surface area contributed by atoms with E-state index in [1.54, 1.807) is 25.5 Å². The molecule has 0 spiro atoms.